The van der Waals surface area contributed by atoms with E-state index in [2.05, 4.69) is 5.32 Å². The number of hydrogen-bond donors (Lipinski definition) is 2. The number of ether oxygens (including phenoxy) is 1. The van der Waals surface area contributed by atoms with Gasteiger partial charge < -0.3 is 19.7 Å². The van der Waals surface area contributed by atoms with Crippen LogP contribution < -0.4 is 5.32 Å². The number of nitrogens with one attached hydrogen (secondary N) is 1. The number of nitrogens with zero attached hydrogens (tertiary/aromatic N) is 1. The van der Waals surface area contributed by atoms with E-state index in [4.69, 9.17) is 9.84 Å². The predicted octanol–water partition coefficient (Wildman–Crippen LogP) is -0.236. The summed E-state index contributed by atoms with van der Waals surface area (Å²) in [6.07, 6.45) is 1.82. The zero-order valence-corrected chi connectivity index (χ0v) is 8.77. The van der Waals surface area contributed by atoms with Gasteiger partial charge in [0.25, 0.3) is 5.91 Å². The Morgan fingerprint density at radius 3 is 3.00 bits per heavy atom. The lowest BCUT2D eigenvalue weighted by Crippen LogP contribution is -2.28. The first-order valence-electron chi connectivity index (χ1n) is 4.84. The smallest absolute Gasteiger partial charge is 0.267 e. The summed E-state index contributed by atoms with van der Waals surface area (Å²) in [7, 11) is 1.82. The van der Waals surface area contributed by atoms with Gasteiger partial charge in [-0.15, -0.1) is 0 Å². The van der Waals surface area contributed by atoms with E-state index in [1.54, 1.807) is 10.6 Å². The number of hydrogen-bond acceptors (Lipinski definition) is 3. The number of aryl methyl sites for hydroxylation is 1. The molecular weight excluding hydrogens is 196 g/mol. The molecule has 0 radical (unpaired) electrons. The number of carbonyl (C=O) groups is 1. The Bertz CT molecular complexity index is 309. The molecule has 0 fully saturated rings. The van der Waals surface area contributed by atoms with Gasteiger partial charge >= 0.3 is 0 Å². The van der Waals surface area contributed by atoms with E-state index in [9.17, 15) is 4.79 Å². The van der Waals surface area contributed by atoms with Crippen molar-refractivity contribution in [2.24, 2.45) is 7.05 Å². The van der Waals surface area contributed by atoms with Gasteiger partial charge in [0.1, 0.15) is 5.69 Å². The van der Waals surface area contributed by atoms with Gasteiger partial charge in [0.2, 0.25) is 0 Å². The highest BCUT2D eigenvalue weighted by molar-refractivity contribution is 5.92. The maximum atomic E-state index is 11.5. The molecule has 0 aliphatic rings. The molecule has 0 aromatic carbocycles. The summed E-state index contributed by atoms with van der Waals surface area (Å²) in [6.45, 7) is 1.17. The largest absolute Gasteiger partial charge is 0.394 e. The van der Waals surface area contributed by atoms with E-state index in [1.165, 1.54) is 0 Å². The van der Waals surface area contributed by atoms with Crippen LogP contribution >= 0.6 is 0 Å². The number of aromatic nitrogens is 1. The van der Waals surface area contributed by atoms with Crippen LogP contribution in [-0.2, 0) is 11.8 Å². The second kappa shape index (κ2) is 6.21. The third-order valence-electron chi connectivity index (χ3n) is 1.94. The van der Waals surface area contributed by atoms with Crippen LogP contribution in [0.3, 0.4) is 0 Å². The molecule has 1 aromatic heterocycles. The second-order valence-electron chi connectivity index (χ2n) is 3.10. The molecule has 1 amide bonds. The third-order valence-corrected chi connectivity index (χ3v) is 1.94. The quantitative estimate of drug-likeness (QED) is 0.640. The lowest BCUT2D eigenvalue weighted by molar-refractivity contribution is 0.0833. The zero-order chi connectivity index (χ0) is 11.1. The van der Waals surface area contributed by atoms with Crippen LogP contribution in [0.5, 0.6) is 0 Å². The van der Waals surface area contributed by atoms with Crippen molar-refractivity contribution >= 4 is 5.91 Å². The number of carbonyl (C=O) groups excluding carboxylic acids is 1. The van der Waals surface area contributed by atoms with Gasteiger partial charge in [-0.3, -0.25) is 4.79 Å². The van der Waals surface area contributed by atoms with Crippen molar-refractivity contribution in [3.8, 4) is 0 Å². The molecule has 0 aliphatic heterocycles. The zero-order valence-electron chi connectivity index (χ0n) is 8.77. The lowest BCUT2D eigenvalue weighted by Gasteiger charge is -2.06. The minimum absolute atomic E-state index is 0.00571. The Labute approximate surface area is 88.7 Å². The third kappa shape index (κ3) is 3.73. The Morgan fingerprint density at radius 1 is 1.60 bits per heavy atom. The highest BCUT2D eigenvalue weighted by Gasteiger charge is 2.06. The average Bonchev–Trinajstić information content (AvgIpc) is 2.64. The first-order valence-corrected chi connectivity index (χ1v) is 4.84. The molecule has 5 heteroatoms. The minimum Gasteiger partial charge on any atom is -0.394 e. The van der Waals surface area contributed by atoms with Crippen LogP contribution in [0, 0.1) is 0 Å². The molecule has 0 unspecified atom stereocenters. The van der Waals surface area contributed by atoms with Crippen molar-refractivity contribution < 1.29 is 14.6 Å². The van der Waals surface area contributed by atoms with E-state index in [1.807, 2.05) is 19.3 Å². The van der Waals surface area contributed by atoms with Gasteiger partial charge in [-0.05, 0) is 12.1 Å². The normalized spacial score (nSPS) is 10.3. The van der Waals surface area contributed by atoms with Crippen molar-refractivity contribution in [2.75, 3.05) is 26.4 Å². The second-order valence-corrected chi connectivity index (χ2v) is 3.10. The van der Waals surface area contributed by atoms with Crippen LogP contribution in [0.25, 0.3) is 0 Å². The standard InChI is InChI=1S/C10H16N2O3/c1-12-5-2-3-9(12)10(14)11-4-7-15-8-6-13/h2-3,5,13H,4,6-8H2,1H3,(H,11,14). The molecule has 1 aromatic rings. The van der Waals surface area contributed by atoms with E-state index >= 15 is 0 Å². The fourth-order valence-electron chi connectivity index (χ4n) is 1.19. The van der Waals surface area contributed by atoms with E-state index in [0.717, 1.165) is 0 Å². The SMILES string of the molecule is Cn1cccc1C(=O)NCCOCCO. The summed E-state index contributed by atoms with van der Waals surface area (Å²) in [6, 6.07) is 3.57. The molecule has 1 heterocycles. The summed E-state index contributed by atoms with van der Waals surface area (Å²) in [5.74, 6) is -0.116. The molecule has 2 N–H and O–H groups in total. The van der Waals surface area contributed by atoms with Crippen LogP contribution in [0.1, 0.15) is 10.5 Å². The Morgan fingerprint density at radius 2 is 2.40 bits per heavy atom. The maximum Gasteiger partial charge on any atom is 0.267 e. The van der Waals surface area contributed by atoms with Crippen LogP contribution in [0.15, 0.2) is 18.3 Å². The highest BCUT2D eigenvalue weighted by atomic mass is 16.5. The maximum absolute atomic E-state index is 11.5. The van der Waals surface area contributed by atoms with Crippen molar-refractivity contribution in [3.63, 3.8) is 0 Å². The van der Waals surface area contributed by atoms with E-state index in [0.29, 0.717) is 25.5 Å². The Balaban J connectivity index is 2.22. The number of aliphatic hydroxyl groups is 1. The van der Waals surface area contributed by atoms with Crippen molar-refractivity contribution in [2.45, 2.75) is 0 Å². The molecule has 0 atom stereocenters. The van der Waals surface area contributed by atoms with Gasteiger partial charge in [-0.1, -0.05) is 0 Å². The molecule has 0 saturated heterocycles. The molecule has 1 rings (SSSR count). The minimum atomic E-state index is -0.116. The number of rotatable bonds is 6. The van der Waals surface area contributed by atoms with E-state index < -0.39 is 0 Å². The first kappa shape index (κ1) is 11.7. The summed E-state index contributed by atoms with van der Waals surface area (Å²) in [5, 5.41) is 11.2. The summed E-state index contributed by atoms with van der Waals surface area (Å²) >= 11 is 0. The topological polar surface area (TPSA) is 63.5 Å². The predicted molar refractivity (Wildman–Crippen MR) is 55.7 cm³/mol. The Kier molecular flexibility index (Phi) is 4.86. The van der Waals surface area contributed by atoms with Gasteiger partial charge in [-0.25, -0.2) is 0 Å². The molecule has 0 aliphatic carbocycles. The number of aliphatic hydroxyl groups excluding tert-OH is 1. The van der Waals surface area contributed by atoms with Gasteiger partial charge in [0.15, 0.2) is 0 Å². The molecule has 15 heavy (non-hydrogen) atoms. The molecule has 0 spiro atoms. The van der Waals surface area contributed by atoms with Crippen molar-refractivity contribution in [1.29, 1.82) is 0 Å². The fourth-order valence-corrected chi connectivity index (χ4v) is 1.19. The molecule has 84 valence electrons. The lowest BCUT2D eigenvalue weighted by atomic mass is 10.4. The van der Waals surface area contributed by atoms with Crippen molar-refractivity contribution in [3.05, 3.63) is 24.0 Å². The van der Waals surface area contributed by atoms with Crippen LogP contribution in [0.4, 0.5) is 0 Å². The van der Waals surface area contributed by atoms with E-state index in [-0.39, 0.29) is 12.5 Å². The molecule has 0 saturated carbocycles. The molecule has 0 bridgehead atoms. The van der Waals surface area contributed by atoms with Crippen molar-refractivity contribution in [1.82, 2.24) is 9.88 Å². The van der Waals surface area contributed by atoms with Gasteiger partial charge in [0, 0.05) is 19.8 Å². The summed E-state index contributed by atoms with van der Waals surface area (Å²) < 4.78 is 6.76. The van der Waals surface area contributed by atoms with Crippen LogP contribution in [0.2, 0.25) is 0 Å². The van der Waals surface area contributed by atoms with Crippen LogP contribution in [-0.4, -0.2) is 41.9 Å². The Hall–Kier alpha value is -1.33. The first-order chi connectivity index (χ1) is 7.25. The number of amides is 1. The van der Waals surface area contributed by atoms with Gasteiger partial charge in [-0.2, -0.15) is 0 Å². The summed E-state index contributed by atoms with van der Waals surface area (Å²) in [4.78, 5) is 11.5. The average molecular weight is 212 g/mol. The monoisotopic (exact) mass is 212 g/mol. The highest BCUT2D eigenvalue weighted by Crippen LogP contribution is 1.98. The molecular formula is C10H16N2O3. The van der Waals surface area contributed by atoms with Gasteiger partial charge in [0.05, 0.1) is 19.8 Å². The molecule has 5 nitrogen and oxygen atoms in total. The summed E-state index contributed by atoms with van der Waals surface area (Å²) in [5.41, 5.74) is 0.622. The fraction of sp³-hybridized carbons (Fsp3) is 0.500.